The van der Waals surface area contributed by atoms with Gasteiger partial charge in [-0.1, -0.05) is 6.92 Å². The minimum Gasteiger partial charge on any atom is -0.155 e. The second-order valence-electron chi connectivity index (χ2n) is 2.64. The Labute approximate surface area is 50.1 Å². The third-order valence-corrected chi connectivity index (χ3v) is 1.62. The summed E-state index contributed by atoms with van der Waals surface area (Å²) in [5, 5.41) is 11.8. The molecule has 8 heavy (non-hydrogen) atoms. The van der Waals surface area contributed by atoms with Crippen molar-refractivity contribution in [3.05, 3.63) is 0 Å². The molecule has 0 saturated carbocycles. The molecule has 0 amide bonds. The Morgan fingerprint density at radius 3 is 2.75 bits per heavy atom. The fraction of sp³-hybridized carbons (Fsp3) is 1.00. The standard InChI is InChI=1S/C6H12NO/c1-6-3-2-4-7(8)5-6/h6H,2-5H2,1H3/t6-/m0/s1. The van der Waals surface area contributed by atoms with Crippen molar-refractivity contribution in [1.82, 2.24) is 5.06 Å². The summed E-state index contributed by atoms with van der Waals surface area (Å²) >= 11 is 0. The molecule has 1 saturated heterocycles. The summed E-state index contributed by atoms with van der Waals surface area (Å²) in [7, 11) is 0. The lowest BCUT2D eigenvalue weighted by molar-refractivity contribution is -0.175. The number of rotatable bonds is 0. The van der Waals surface area contributed by atoms with Crippen molar-refractivity contribution in [1.29, 1.82) is 0 Å². The zero-order chi connectivity index (χ0) is 5.98. The summed E-state index contributed by atoms with van der Waals surface area (Å²) in [5.74, 6) is 0.626. The van der Waals surface area contributed by atoms with Crippen LogP contribution in [0.1, 0.15) is 19.8 Å². The van der Waals surface area contributed by atoms with Gasteiger partial charge >= 0.3 is 0 Å². The normalized spacial score (nSPS) is 33.0. The predicted molar refractivity (Wildman–Crippen MR) is 30.7 cm³/mol. The van der Waals surface area contributed by atoms with Gasteiger partial charge in [0, 0.05) is 13.1 Å². The highest BCUT2D eigenvalue weighted by Gasteiger charge is 2.14. The summed E-state index contributed by atoms with van der Waals surface area (Å²) in [5.41, 5.74) is 0. The van der Waals surface area contributed by atoms with Gasteiger partial charge < -0.3 is 0 Å². The number of nitrogens with zero attached hydrogens (tertiary/aromatic N) is 1. The Morgan fingerprint density at radius 1 is 1.62 bits per heavy atom. The van der Waals surface area contributed by atoms with Gasteiger partial charge in [0.05, 0.1) is 0 Å². The SMILES string of the molecule is C[C@H]1CCCN([O])C1. The molecule has 0 aromatic heterocycles. The van der Waals surface area contributed by atoms with E-state index in [0.29, 0.717) is 5.92 Å². The summed E-state index contributed by atoms with van der Waals surface area (Å²) in [6.45, 7) is 3.63. The van der Waals surface area contributed by atoms with E-state index < -0.39 is 0 Å². The first kappa shape index (κ1) is 6.05. The lowest BCUT2D eigenvalue weighted by Crippen LogP contribution is -2.29. The van der Waals surface area contributed by atoms with E-state index in [4.69, 9.17) is 0 Å². The highest BCUT2D eigenvalue weighted by Crippen LogP contribution is 2.12. The summed E-state index contributed by atoms with van der Waals surface area (Å²) in [4.78, 5) is 0. The van der Waals surface area contributed by atoms with Gasteiger partial charge in [0.2, 0.25) is 0 Å². The highest BCUT2D eigenvalue weighted by atomic mass is 16.5. The molecular formula is C6H12NO. The quantitative estimate of drug-likeness (QED) is 0.462. The van der Waals surface area contributed by atoms with Gasteiger partial charge in [-0.2, -0.15) is 5.06 Å². The van der Waals surface area contributed by atoms with Gasteiger partial charge in [0.1, 0.15) is 0 Å². The molecule has 0 aromatic carbocycles. The van der Waals surface area contributed by atoms with Gasteiger partial charge in [0.15, 0.2) is 0 Å². The molecule has 1 rings (SSSR count). The number of hydroxylamine groups is 2. The molecule has 2 nitrogen and oxygen atoms in total. The molecule has 0 spiro atoms. The van der Waals surface area contributed by atoms with Crippen LogP contribution < -0.4 is 0 Å². The van der Waals surface area contributed by atoms with Crippen LogP contribution in [-0.4, -0.2) is 18.2 Å². The van der Waals surface area contributed by atoms with Crippen LogP contribution in [0.2, 0.25) is 0 Å². The van der Waals surface area contributed by atoms with Crippen molar-refractivity contribution < 1.29 is 5.21 Å². The van der Waals surface area contributed by atoms with Crippen LogP contribution in [0.4, 0.5) is 0 Å². The Morgan fingerprint density at radius 2 is 2.38 bits per heavy atom. The van der Waals surface area contributed by atoms with E-state index in [1.807, 2.05) is 0 Å². The van der Waals surface area contributed by atoms with Gasteiger partial charge in [-0.05, 0) is 18.8 Å². The first-order valence-corrected chi connectivity index (χ1v) is 3.21. The maximum Gasteiger partial charge on any atom is 0.0297 e. The van der Waals surface area contributed by atoms with Crippen LogP contribution in [-0.2, 0) is 5.21 Å². The van der Waals surface area contributed by atoms with E-state index in [-0.39, 0.29) is 0 Å². The molecule has 1 atom stereocenters. The van der Waals surface area contributed by atoms with Crippen molar-refractivity contribution in [2.75, 3.05) is 13.1 Å². The van der Waals surface area contributed by atoms with Crippen molar-refractivity contribution in [3.63, 3.8) is 0 Å². The molecule has 1 heterocycles. The van der Waals surface area contributed by atoms with Crippen LogP contribution in [0, 0.1) is 5.92 Å². The van der Waals surface area contributed by atoms with Gasteiger partial charge in [-0.3, -0.25) is 0 Å². The molecule has 0 unspecified atom stereocenters. The van der Waals surface area contributed by atoms with Crippen LogP contribution in [0.5, 0.6) is 0 Å². The maximum absolute atomic E-state index is 10.6. The third-order valence-electron chi connectivity index (χ3n) is 1.62. The minimum atomic E-state index is 0.626. The molecule has 1 radical (unpaired) electrons. The van der Waals surface area contributed by atoms with Crippen LogP contribution >= 0.6 is 0 Å². The van der Waals surface area contributed by atoms with E-state index in [9.17, 15) is 5.21 Å². The summed E-state index contributed by atoms with van der Waals surface area (Å²) < 4.78 is 0. The Kier molecular flexibility index (Phi) is 1.86. The number of piperidine rings is 1. The molecule has 1 aliphatic heterocycles. The zero-order valence-corrected chi connectivity index (χ0v) is 5.26. The Bertz CT molecular complexity index is 66.9. The fourth-order valence-electron chi connectivity index (χ4n) is 1.15. The van der Waals surface area contributed by atoms with E-state index in [1.165, 1.54) is 6.42 Å². The molecule has 0 aromatic rings. The Balaban J connectivity index is 2.23. The van der Waals surface area contributed by atoms with Crippen LogP contribution in [0.3, 0.4) is 0 Å². The molecule has 2 heteroatoms. The van der Waals surface area contributed by atoms with Crippen LogP contribution in [0.25, 0.3) is 0 Å². The van der Waals surface area contributed by atoms with Crippen molar-refractivity contribution in [2.45, 2.75) is 19.8 Å². The van der Waals surface area contributed by atoms with Crippen molar-refractivity contribution >= 4 is 0 Å². The van der Waals surface area contributed by atoms with E-state index in [0.717, 1.165) is 24.6 Å². The molecule has 0 bridgehead atoms. The van der Waals surface area contributed by atoms with Crippen LogP contribution in [0.15, 0.2) is 0 Å². The smallest absolute Gasteiger partial charge is 0.0297 e. The molecule has 47 valence electrons. The van der Waals surface area contributed by atoms with Crippen molar-refractivity contribution in [3.8, 4) is 0 Å². The molecule has 0 aliphatic carbocycles. The lowest BCUT2D eigenvalue weighted by atomic mass is 10.0. The first-order chi connectivity index (χ1) is 3.79. The average molecular weight is 114 g/mol. The third kappa shape index (κ3) is 1.46. The van der Waals surface area contributed by atoms with E-state index >= 15 is 0 Å². The van der Waals surface area contributed by atoms with Gasteiger partial charge in [-0.25, -0.2) is 0 Å². The first-order valence-electron chi connectivity index (χ1n) is 3.21. The highest BCUT2D eigenvalue weighted by molar-refractivity contribution is 4.62. The second-order valence-corrected chi connectivity index (χ2v) is 2.64. The number of hydrogen-bond acceptors (Lipinski definition) is 1. The maximum atomic E-state index is 10.6. The molecule has 1 aliphatic rings. The number of hydrogen-bond donors (Lipinski definition) is 0. The van der Waals surface area contributed by atoms with Crippen molar-refractivity contribution in [2.24, 2.45) is 5.92 Å². The second kappa shape index (κ2) is 2.46. The largest absolute Gasteiger partial charge is 0.155 e. The predicted octanol–water partition coefficient (Wildman–Crippen LogP) is 1.06. The topological polar surface area (TPSA) is 23.1 Å². The van der Waals surface area contributed by atoms with E-state index in [2.05, 4.69) is 6.92 Å². The lowest BCUT2D eigenvalue weighted by Gasteiger charge is -2.22. The van der Waals surface area contributed by atoms with Gasteiger partial charge in [-0.15, -0.1) is 5.21 Å². The zero-order valence-electron chi connectivity index (χ0n) is 5.26. The van der Waals surface area contributed by atoms with E-state index in [1.54, 1.807) is 0 Å². The summed E-state index contributed by atoms with van der Waals surface area (Å²) in [6, 6.07) is 0. The average Bonchev–Trinajstić information content (AvgIpc) is 1.64. The Hall–Kier alpha value is -0.0800. The fourth-order valence-corrected chi connectivity index (χ4v) is 1.15. The van der Waals surface area contributed by atoms with Gasteiger partial charge in [0.25, 0.3) is 0 Å². The summed E-state index contributed by atoms with van der Waals surface area (Å²) in [6.07, 6.45) is 2.32. The monoisotopic (exact) mass is 114 g/mol. The molecule has 1 fully saturated rings. The minimum absolute atomic E-state index is 0.626. The molecule has 0 N–H and O–H groups in total. The molecular weight excluding hydrogens is 102 g/mol.